The normalized spacial score (nSPS) is 11.9. The summed E-state index contributed by atoms with van der Waals surface area (Å²) in [6, 6.07) is 6.67. The van der Waals surface area contributed by atoms with E-state index in [2.05, 4.69) is 5.32 Å². The Morgan fingerprint density at radius 2 is 1.95 bits per heavy atom. The second kappa shape index (κ2) is 5.66. The van der Waals surface area contributed by atoms with Gasteiger partial charge in [0.05, 0.1) is 17.0 Å². The topological polar surface area (TPSA) is 95.6 Å². The quantitative estimate of drug-likeness (QED) is 0.456. The number of phenolic OH excluding ortho intramolecular Hbond substituents is 2. The summed E-state index contributed by atoms with van der Waals surface area (Å²) in [6.07, 6.45) is 0. The first kappa shape index (κ1) is 14.6. The first-order chi connectivity index (χ1) is 9.86. The summed E-state index contributed by atoms with van der Waals surface area (Å²) in [6.45, 7) is 1.67. The third-order valence-electron chi connectivity index (χ3n) is 2.95. The Labute approximate surface area is 119 Å². The zero-order valence-electron chi connectivity index (χ0n) is 11.1. The fourth-order valence-corrected chi connectivity index (χ4v) is 1.98. The zero-order chi connectivity index (χ0) is 15.6. The molecule has 0 aliphatic heterocycles. The number of nitro groups is 1. The van der Waals surface area contributed by atoms with E-state index in [-0.39, 0.29) is 22.9 Å². The molecule has 2 aromatic rings. The Kier molecular flexibility index (Phi) is 3.93. The van der Waals surface area contributed by atoms with Crippen molar-refractivity contribution < 1.29 is 19.5 Å². The van der Waals surface area contributed by atoms with Crippen molar-refractivity contribution in [1.29, 1.82) is 0 Å². The molecule has 21 heavy (non-hydrogen) atoms. The minimum absolute atomic E-state index is 0.0262. The van der Waals surface area contributed by atoms with Gasteiger partial charge in [-0.15, -0.1) is 0 Å². The van der Waals surface area contributed by atoms with Gasteiger partial charge in [-0.3, -0.25) is 10.1 Å². The lowest BCUT2D eigenvalue weighted by molar-refractivity contribution is -0.385. The number of nitrogens with zero attached hydrogens (tertiary/aromatic N) is 1. The van der Waals surface area contributed by atoms with Crippen LogP contribution in [0.1, 0.15) is 18.5 Å². The number of rotatable bonds is 4. The van der Waals surface area contributed by atoms with Gasteiger partial charge in [0.1, 0.15) is 17.3 Å². The number of nitro benzene ring substituents is 1. The molecule has 0 aromatic heterocycles. The molecule has 0 bridgehead atoms. The Morgan fingerprint density at radius 1 is 1.24 bits per heavy atom. The van der Waals surface area contributed by atoms with E-state index in [1.165, 1.54) is 24.3 Å². The predicted octanol–water partition coefficient (Wildman–Crippen LogP) is 3.32. The number of benzene rings is 2. The first-order valence-electron chi connectivity index (χ1n) is 6.10. The molecule has 0 aliphatic carbocycles. The van der Waals surface area contributed by atoms with Crippen molar-refractivity contribution in [3.63, 3.8) is 0 Å². The molecule has 1 atom stereocenters. The number of hydrogen-bond acceptors (Lipinski definition) is 5. The Balaban J connectivity index is 2.29. The number of halogens is 1. The first-order valence-corrected chi connectivity index (χ1v) is 6.10. The molecule has 6 nitrogen and oxygen atoms in total. The molecule has 0 aliphatic rings. The van der Waals surface area contributed by atoms with Gasteiger partial charge in [-0.2, -0.15) is 0 Å². The van der Waals surface area contributed by atoms with Gasteiger partial charge >= 0.3 is 0 Å². The highest BCUT2D eigenvalue weighted by Crippen LogP contribution is 2.31. The lowest BCUT2D eigenvalue weighted by Gasteiger charge is -2.17. The molecule has 7 heteroatoms. The third kappa shape index (κ3) is 3.38. The van der Waals surface area contributed by atoms with Crippen molar-refractivity contribution >= 4 is 11.4 Å². The van der Waals surface area contributed by atoms with Crippen molar-refractivity contribution in [2.24, 2.45) is 0 Å². The molecule has 2 rings (SSSR count). The van der Waals surface area contributed by atoms with Crippen LogP contribution < -0.4 is 5.32 Å². The van der Waals surface area contributed by atoms with Crippen molar-refractivity contribution in [2.75, 3.05) is 5.32 Å². The molecule has 0 heterocycles. The predicted molar refractivity (Wildman–Crippen MR) is 74.9 cm³/mol. The number of hydrogen-bond donors (Lipinski definition) is 3. The molecule has 0 spiro atoms. The van der Waals surface area contributed by atoms with Crippen LogP contribution in [-0.4, -0.2) is 15.1 Å². The summed E-state index contributed by atoms with van der Waals surface area (Å²) in [5.41, 5.74) is 0.226. The number of anilines is 1. The van der Waals surface area contributed by atoms with Gasteiger partial charge in [0.2, 0.25) is 0 Å². The number of nitrogens with one attached hydrogen (secondary N) is 1. The third-order valence-corrected chi connectivity index (χ3v) is 2.95. The van der Waals surface area contributed by atoms with Gasteiger partial charge in [-0.1, -0.05) is 0 Å². The van der Waals surface area contributed by atoms with Gasteiger partial charge in [0, 0.05) is 17.3 Å². The summed E-state index contributed by atoms with van der Waals surface area (Å²) in [4.78, 5) is 10.0. The van der Waals surface area contributed by atoms with Gasteiger partial charge in [-0.25, -0.2) is 4.39 Å². The average Bonchev–Trinajstić information content (AvgIpc) is 2.40. The number of non-ortho nitro benzene ring substituents is 1. The van der Waals surface area contributed by atoms with Crippen LogP contribution in [-0.2, 0) is 0 Å². The maximum absolute atomic E-state index is 13.4. The van der Waals surface area contributed by atoms with Crippen LogP contribution in [0.15, 0.2) is 36.4 Å². The van der Waals surface area contributed by atoms with E-state index in [4.69, 9.17) is 0 Å². The summed E-state index contributed by atoms with van der Waals surface area (Å²) in [7, 11) is 0. The number of phenols is 2. The standard InChI is InChI=1S/C14H13FN2O4/c1-8(13-7-12(18)2-3-14(13)19)16-10-4-9(15)5-11(6-10)17(20)21/h2-8,16,18-19H,1H3. The molecular weight excluding hydrogens is 279 g/mol. The van der Waals surface area contributed by atoms with Crippen molar-refractivity contribution in [3.05, 3.63) is 57.9 Å². The van der Waals surface area contributed by atoms with Gasteiger partial charge in [0.15, 0.2) is 0 Å². The maximum atomic E-state index is 13.4. The Hall–Kier alpha value is -2.83. The second-order valence-corrected chi connectivity index (χ2v) is 4.56. The van der Waals surface area contributed by atoms with Gasteiger partial charge < -0.3 is 15.5 Å². The van der Waals surface area contributed by atoms with Crippen LogP contribution in [0.5, 0.6) is 11.5 Å². The molecule has 2 aromatic carbocycles. The highest BCUT2D eigenvalue weighted by Gasteiger charge is 2.14. The van der Waals surface area contributed by atoms with Crippen molar-refractivity contribution in [1.82, 2.24) is 0 Å². The van der Waals surface area contributed by atoms with E-state index in [1.54, 1.807) is 6.92 Å². The summed E-state index contributed by atoms with van der Waals surface area (Å²) >= 11 is 0. The molecule has 0 fully saturated rings. The highest BCUT2D eigenvalue weighted by atomic mass is 19.1. The fraction of sp³-hybridized carbons (Fsp3) is 0.143. The van der Waals surface area contributed by atoms with Crippen LogP contribution in [0.25, 0.3) is 0 Å². The van der Waals surface area contributed by atoms with Gasteiger partial charge in [0.25, 0.3) is 5.69 Å². The summed E-state index contributed by atoms with van der Waals surface area (Å²) in [5.74, 6) is -0.806. The summed E-state index contributed by atoms with van der Waals surface area (Å²) in [5, 5.41) is 32.7. The average molecular weight is 292 g/mol. The van der Waals surface area contributed by atoms with E-state index < -0.39 is 16.8 Å². The summed E-state index contributed by atoms with van der Waals surface area (Å²) < 4.78 is 13.4. The monoisotopic (exact) mass is 292 g/mol. The minimum Gasteiger partial charge on any atom is -0.508 e. The van der Waals surface area contributed by atoms with E-state index in [9.17, 15) is 24.7 Å². The molecule has 1 unspecified atom stereocenters. The van der Waals surface area contributed by atoms with Crippen LogP contribution in [0.2, 0.25) is 0 Å². The molecular formula is C14H13FN2O4. The molecule has 110 valence electrons. The van der Waals surface area contributed by atoms with Crippen LogP contribution in [0, 0.1) is 15.9 Å². The lowest BCUT2D eigenvalue weighted by atomic mass is 10.1. The number of aromatic hydroxyl groups is 2. The van der Waals surface area contributed by atoms with E-state index in [0.29, 0.717) is 5.56 Å². The Morgan fingerprint density at radius 3 is 2.62 bits per heavy atom. The highest BCUT2D eigenvalue weighted by molar-refractivity contribution is 5.54. The van der Waals surface area contributed by atoms with Crippen molar-refractivity contribution in [3.8, 4) is 11.5 Å². The largest absolute Gasteiger partial charge is 0.508 e. The molecule has 0 amide bonds. The Bertz CT molecular complexity index is 691. The van der Waals surface area contributed by atoms with Crippen LogP contribution in [0.4, 0.5) is 15.8 Å². The van der Waals surface area contributed by atoms with Gasteiger partial charge in [-0.05, 0) is 31.2 Å². The van der Waals surface area contributed by atoms with E-state index in [0.717, 1.165) is 12.1 Å². The zero-order valence-corrected chi connectivity index (χ0v) is 11.1. The molecule has 0 saturated carbocycles. The molecule has 0 radical (unpaired) electrons. The second-order valence-electron chi connectivity index (χ2n) is 4.56. The van der Waals surface area contributed by atoms with Crippen LogP contribution >= 0.6 is 0 Å². The van der Waals surface area contributed by atoms with E-state index in [1.807, 2.05) is 0 Å². The van der Waals surface area contributed by atoms with Crippen molar-refractivity contribution in [2.45, 2.75) is 13.0 Å². The smallest absolute Gasteiger partial charge is 0.274 e. The lowest BCUT2D eigenvalue weighted by Crippen LogP contribution is -2.07. The molecule has 0 saturated heterocycles. The maximum Gasteiger partial charge on any atom is 0.274 e. The fourth-order valence-electron chi connectivity index (χ4n) is 1.98. The van der Waals surface area contributed by atoms with Crippen LogP contribution in [0.3, 0.4) is 0 Å². The van der Waals surface area contributed by atoms with E-state index >= 15 is 0 Å². The minimum atomic E-state index is -0.737. The molecule has 3 N–H and O–H groups in total. The SMILES string of the molecule is CC(Nc1cc(F)cc([N+](=O)[O-])c1)c1cc(O)ccc1O.